The van der Waals surface area contributed by atoms with Crippen LogP contribution in [0.4, 0.5) is 18.9 Å². The van der Waals surface area contributed by atoms with Crippen molar-refractivity contribution >= 4 is 34.3 Å². The van der Waals surface area contributed by atoms with Gasteiger partial charge in [-0.3, -0.25) is 4.79 Å². The first-order chi connectivity index (χ1) is 11.5. The number of furan rings is 1. The molecule has 3 rings (SSSR count). The molecule has 1 aromatic heterocycles. The fourth-order valence-corrected chi connectivity index (χ4v) is 2.83. The Hall–Kier alpha value is -2.41. The maximum absolute atomic E-state index is 13.7. The fourth-order valence-electron chi connectivity index (χ4n) is 2.33. The van der Waals surface area contributed by atoms with Gasteiger partial charge in [-0.15, -0.1) is 0 Å². The summed E-state index contributed by atoms with van der Waals surface area (Å²) in [5.41, 5.74) is 0.995. The second kappa shape index (κ2) is 6.60. The molecule has 0 saturated heterocycles. The van der Waals surface area contributed by atoms with Crippen molar-refractivity contribution in [1.82, 2.24) is 0 Å². The third-order valence-corrected chi connectivity index (χ3v) is 4.18. The molecule has 1 amide bonds. The molecule has 7 heteroatoms. The highest BCUT2D eigenvalue weighted by atomic mass is 32.2. The largest absolute Gasteiger partial charge is 0.448 e. The van der Waals surface area contributed by atoms with Crippen LogP contribution in [0.1, 0.15) is 16.1 Å². The Balaban J connectivity index is 1.82. The number of nitrogens with one attached hydrogen (secondary N) is 1. The standard InChI is InChI=1S/C17H12F3NO2S/c1-9-12-3-2-4-13(18)15(12)23-14(9)16(22)21-10-5-7-11(8-6-10)24-17(19)20/h2-8,17H,1H3,(H,21,22). The summed E-state index contributed by atoms with van der Waals surface area (Å²) in [6, 6.07) is 10.5. The van der Waals surface area contributed by atoms with E-state index in [1.165, 1.54) is 30.3 Å². The Bertz CT molecular complexity index is 891. The topological polar surface area (TPSA) is 42.2 Å². The molecular weight excluding hydrogens is 339 g/mol. The van der Waals surface area contributed by atoms with Crippen LogP contribution < -0.4 is 5.32 Å². The van der Waals surface area contributed by atoms with Gasteiger partial charge in [-0.2, -0.15) is 8.78 Å². The first kappa shape index (κ1) is 16.4. The molecule has 0 atom stereocenters. The molecule has 0 unspecified atom stereocenters. The van der Waals surface area contributed by atoms with Crippen molar-refractivity contribution in [2.24, 2.45) is 0 Å². The third kappa shape index (κ3) is 3.26. The van der Waals surface area contributed by atoms with Crippen LogP contribution in [0.3, 0.4) is 0 Å². The van der Waals surface area contributed by atoms with Gasteiger partial charge in [0.2, 0.25) is 0 Å². The van der Waals surface area contributed by atoms with Crippen LogP contribution in [0.5, 0.6) is 0 Å². The molecule has 1 heterocycles. The van der Waals surface area contributed by atoms with E-state index < -0.39 is 17.5 Å². The van der Waals surface area contributed by atoms with Gasteiger partial charge in [0.1, 0.15) is 0 Å². The fraction of sp³-hybridized carbons (Fsp3) is 0.118. The molecule has 0 spiro atoms. The Kier molecular flexibility index (Phi) is 4.53. The molecule has 0 aliphatic heterocycles. The Morgan fingerprint density at radius 1 is 1.17 bits per heavy atom. The summed E-state index contributed by atoms with van der Waals surface area (Å²) >= 11 is 0.423. The highest BCUT2D eigenvalue weighted by molar-refractivity contribution is 7.99. The number of benzene rings is 2. The van der Waals surface area contributed by atoms with E-state index in [-0.39, 0.29) is 11.3 Å². The third-order valence-electron chi connectivity index (χ3n) is 3.46. The minimum atomic E-state index is -2.50. The van der Waals surface area contributed by atoms with Crippen molar-refractivity contribution in [3.8, 4) is 0 Å². The van der Waals surface area contributed by atoms with Crippen molar-refractivity contribution in [1.29, 1.82) is 0 Å². The number of rotatable bonds is 4. The molecule has 2 aromatic carbocycles. The van der Waals surface area contributed by atoms with E-state index in [1.54, 1.807) is 19.1 Å². The molecule has 124 valence electrons. The van der Waals surface area contributed by atoms with Gasteiger partial charge in [0.05, 0.1) is 0 Å². The van der Waals surface area contributed by atoms with Crippen LogP contribution in [0.2, 0.25) is 0 Å². The predicted molar refractivity (Wildman–Crippen MR) is 87.2 cm³/mol. The van der Waals surface area contributed by atoms with Gasteiger partial charge in [0.25, 0.3) is 11.7 Å². The van der Waals surface area contributed by atoms with Crippen LogP contribution in [-0.2, 0) is 0 Å². The van der Waals surface area contributed by atoms with E-state index in [0.717, 1.165) is 0 Å². The molecule has 0 saturated carbocycles. The zero-order chi connectivity index (χ0) is 17.3. The van der Waals surface area contributed by atoms with Crippen molar-refractivity contribution in [3.63, 3.8) is 0 Å². The lowest BCUT2D eigenvalue weighted by Gasteiger charge is -2.05. The number of para-hydroxylation sites is 1. The number of aryl methyl sites for hydroxylation is 1. The molecule has 24 heavy (non-hydrogen) atoms. The van der Waals surface area contributed by atoms with Crippen molar-refractivity contribution < 1.29 is 22.4 Å². The first-order valence-corrected chi connectivity index (χ1v) is 7.87. The van der Waals surface area contributed by atoms with Crippen molar-refractivity contribution in [3.05, 3.63) is 59.6 Å². The zero-order valence-corrected chi connectivity index (χ0v) is 13.3. The van der Waals surface area contributed by atoms with Gasteiger partial charge in [0, 0.05) is 21.5 Å². The highest BCUT2D eigenvalue weighted by Gasteiger charge is 2.19. The molecule has 0 bridgehead atoms. The number of carbonyl (C=O) groups is 1. The SMILES string of the molecule is Cc1c(C(=O)Nc2ccc(SC(F)F)cc2)oc2c(F)cccc12. The summed E-state index contributed by atoms with van der Waals surface area (Å²) in [5.74, 6) is -3.56. The lowest BCUT2D eigenvalue weighted by Crippen LogP contribution is -2.12. The van der Waals surface area contributed by atoms with Gasteiger partial charge in [-0.25, -0.2) is 4.39 Å². The summed E-state index contributed by atoms with van der Waals surface area (Å²) in [5, 5.41) is 3.14. The lowest BCUT2D eigenvalue weighted by molar-refractivity contribution is 0.0997. The minimum absolute atomic E-state index is 0.0149. The quantitative estimate of drug-likeness (QED) is 0.636. The van der Waals surface area contributed by atoms with E-state index in [4.69, 9.17) is 4.42 Å². The lowest BCUT2D eigenvalue weighted by atomic mass is 10.1. The first-order valence-electron chi connectivity index (χ1n) is 6.99. The maximum Gasteiger partial charge on any atom is 0.291 e. The molecule has 0 fully saturated rings. The second-order valence-corrected chi connectivity index (χ2v) is 6.09. The number of hydrogen-bond acceptors (Lipinski definition) is 3. The van der Waals surface area contributed by atoms with Gasteiger partial charge in [-0.05, 0) is 37.3 Å². The summed E-state index contributed by atoms with van der Waals surface area (Å²) in [6.07, 6.45) is 0. The number of anilines is 1. The molecule has 1 N–H and O–H groups in total. The highest BCUT2D eigenvalue weighted by Crippen LogP contribution is 2.29. The van der Waals surface area contributed by atoms with Crippen LogP contribution in [0.15, 0.2) is 51.8 Å². The number of alkyl halides is 2. The summed E-state index contributed by atoms with van der Waals surface area (Å²) in [6.45, 7) is 1.67. The predicted octanol–water partition coefficient (Wildman–Crippen LogP) is 5.45. The zero-order valence-electron chi connectivity index (χ0n) is 12.5. The van der Waals surface area contributed by atoms with Gasteiger partial charge < -0.3 is 9.73 Å². The van der Waals surface area contributed by atoms with Crippen LogP contribution >= 0.6 is 11.8 Å². The molecule has 3 nitrogen and oxygen atoms in total. The van der Waals surface area contributed by atoms with Gasteiger partial charge >= 0.3 is 0 Å². The maximum atomic E-state index is 13.7. The summed E-state index contributed by atoms with van der Waals surface area (Å²) < 4.78 is 43.6. The van der Waals surface area contributed by atoms with Crippen LogP contribution in [-0.4, -0.2) is 11.7 Å². The molecule has 0 aliphatic rings. The molecular formula is C17H12F3NO2S. The van der Waals surface area contributed by atoms with Crippen molar-refractivity contribution in [2.75, 3.05) is 5.32 Å². The number of halogens is 3. The average Bonchev–Trinajstić information content (AvgIpc) is 2.88. The molecule has 3 aromatic rings. The van der Waals surface area contributed by atoms with Crippen LogP contribution in [0.25, 0.3) is 11.0 Å². The smallest absolute Gasteiger partial charge is 0.291 e. The normalized spacial score (nSPS) is 11.2. The van der Waals surface area contributed by atoms with Gasteiger partial charge in [-0.1, -0.05) is 23.9 Å². The Morgan fingerprint density at radius 2 is 1.88 bits per heavy atom. The number of hydrogen-bond donors (Lipinski definition) is 1. The van der Waals surface area contributed by atoms with Crippen molar-refractivity contribution in [2.45, 2.75) is 17.6 Å². The molecule has 0 radical (unpaired) electrons. The number of thioether (sulfide) groups is 1. The Morgan fingerprint density at radius 3 is 2.50 bits per heavy atom. The number of fused-ring (bicyclic) bond motifs is 1. The monoisotopic (exact) mass is 351 g/mol. The summed E-state index contributed by atoms with van der Waals surface area (Å²) in [4.78, 5) is 12.7. The van der Waals surface area contributed by atoms with Crippen LogP contribution in [0, 0.1) is 12.7 Å². The van der Waals surface area contributed by atoms with Gasteiger partial charge in [0.15, 0.2) is 17.2 Å². The Labute approximate surface area is 139 Å². The summed E-state index contributed by atoms with van der Waals surface area (Å²) in [7, 11) is 0. The minimum Gasteiger partial charge on any atom is -0.448 e. The molecule has 0 aliphatic carbocycles. The average molecular weight is 351 g/mol. The van der Waals surface area contributed by atoms with E-state index in [1.807, 2.05) is 0 Å². The number of carbonyl (C=O) groups excluding carboxylic acids is 1. The van der Waals surface area contributed by atoms with E-state index in [9.17, 15) is 18.0 Å². The van der Waals surface area contributed by atoms with E-state index in [2.05, 4.69) is 5.32 Å². The van der Waals surface area contributed by atoms with E-state index >= 15 is 0 Å². The van der Waals surface area contributed by atoms with E-state index in [0.29, 0.717) is 33.3 Å². The number of amides is 1. The second-order valence-electron chi connectivity index (χ2n) is 5.03.